The van der Waals surface area contributed by atoms with Crippen molar-refractivity contribution in [3.63, 3.8) is 0 Å². The van der Waals surface area contributed by atoms with E-state index in [0.717, 1.165) is 44.0 Å². The van der Waals surface area contributed by atoms with Crippen LogP contribution in [0.15, 0.2) is 24.3 Å². The highest BCUT2D eigenvalue weighted by Gasteiger charge is 2.30. The van der Waals surface area contributed by atoms with E-state index in [0.29, 0.717) is 13.0 Å². The average Bonchev–Trinajstić information content (AvgIpc) is 2.62. The van der Waals surface area contributed by atoms with Gasteiger partial charge in [0.05, 0.1) is 12.2 Å². The van der Waals surface area contributed by atoms with Crippen molar-refractivity contribution in [2.24, 2.45) is 5.92 Å². The maximum atomic E-state index is 12.5. The van der Waals surface area contributed by atoms with Crippen LogP contribution in [0, 0.1) is 5.92 Å². The third-order valence-corrected chi connectivity index (χ3v) is 6.50. The molecule has 1 atom stereocenters. The van der Waals surface area contributed by atoms with Gasteiger partial charge in [0, 0.05) is 50.6 Å². The maximum absolute atomic E-state index is 12.5. The number of piperidine rings is 1. The van der Waals surface area contributed by atoms with Crippen LogP contribution in [-0.4, -0.2) is 76.1 Å². The molecule has 0 aliphatic carbocycles. The van der Waals surface area contributed by atoms with Crippen molar-refractivity contribution < 1.29 is 13.2 Å². The van der Waals surface area contributed by atoms with Crippen LogP contribution < -0.4 is 10.2 Å². The van der Waals surface area contributed by atoms with E-state index in [1.165, 1.54) is 10.6 Å². The van der Waals surface area contributed by atoms with E-state index in [2.05, 4.69) is 22.2 Å². The molecule has 0 radical (unpaired) electrons. The molecule has 2 aliphatic rings. The Kier molecular flexibility index (Phi) is 5.84. The van der Waals surface area contributed by atoms with E-state index in [1.807, 2.05) is 24.3 Å². The van der Waals surface area contributed by atoms with Gasteiger partial charge in [-0.05, 0) is 44.2 Å². The van der Waals surface area contributed by atoms with Gasteiger partial charge in [0.25, 0.3) is 0 Å². The lowest BCUT2D eigenvalue weighted by Gasteiger charge is -2.34. The highest BCUT2D eigenvalue weighted by molar-refractivity contribution is 7.88. The van der Waals surface area contributed by atoms with Gasteiger partial charge in [-0.25, -0.2) is 12.7 Å². The Bertz CT molecular complexity index is 727. The third-order valence-electron chi connectivity index (χ3n) is 5.23. The molecule has 1 aromatic carbocycles. The Balaban J connectivity index is 1.57. The minimum atomic E-state index is -3.24. The van der Waals surface area contributed by atoms with E-state index >= 15 is 0 Å². The van der Waals surface area contributed by atoms with Gasteiger partial charge in [-0.3, -0.25) is 4.79 Å². The fourth-order valence-electron chi connectivity index (χ4n) is 3.52. The fourth-order valence-corrected chi connectivity index (χ4v) is 4.43. The first-order chi connectivity index (χ1) is 12.3. The Morgan fingerprint density at radius 1 is 1.08 bits per heavy atom. The van der Waals surface area contributed by atoms with Gasteiger partial charge in [0.15, 0.2) is 0 Å². The van der Waals surface area contributed by atoms with Crippen LogP contribution in [0.1, 0.15) is 12.8 Å². The number of carbonyl (C=O) groups is 1. The maximum Gasteiger partial charge on any atom is 0.228 e. The summed E-state index contributed by atoms with van der Waals surface area (Å²) < 4.78 is 24.8. The van der Waals surface area contributed by atoms with Crippen molar-refractivity contribution >= 4 is 27.3 Å². The number of nitrogens with zero attached hydrogens (tertiary/aromatic N) is 3. The van der Waals surface area contributed by atoms with E-state index < -0.39 is 10.0 Å². The molecule has 0 unspecified atom stereocenters. The predicted molar refractivity (Wildman–Crippen MR) is 104 cm³/mol. The minimum absolute atomic E-state index is 0.106. The molecule has 0 bridgehead atoms. The van der Waals surface area contributed by atoms with Crippen molar-refractivity contribution in [3.05, 3.63) is 24.3 Å². The SMILES string of the molecule is CN1CCN(c2ccc(NC(=O)[C@@H]3CCCN(S(C)(=O)=O)C3)cc2)CC1. The summed E-state index contributed by atoms with van der Waals surface area (Å²) >= 11 is 0. The van der Waals surface area contributed by atoms with Gasteiger partial charge >= 0.3 is 0 Å². The zero-order valence-corrected chi connectivity index (χ0v) is 16.3. The first kappa shape index (κ1) is 19.1. The van der Waals surface area contributed by atoms with Crippen LogP contribution in [-0.2, 0) is 14.8 Å². The summed E-state index contributed by atoms with van der Waals surface area (Å²) in [7, 11) is -1.11. The van der Waals surface area contributed by atoms with Crippen molar-refractivity contribution in [3.8, 4) is 0 Å². The topological polar surface area (TPSA) is 73.0 Å². The molecule has 0 saturated carbocycles. The van der Waals surface area contributed by atoms with Crippen LogP contribution in [0.25, 0.3) is 0 Å². The molecule has 2 saturated heterocycles. The van der Waals surface area contributed by atoms with Crippen LogP contribution in [0.2, 0.25) is 0 Å². The van der Waals surface area contributed by atoms with E-state index in [-0.39, 0.29) is 18.4 Å². The van der Waals surface area contributed by atoms with Gasteiger partial charge in [-0.2, -0.15) is 0 Å². The summed E-state index contributed by atoms with van der Waals surface area (Å²) in [6.07, 6.45) is 2.63. The molecule has 2 aliphatic heterocycles. The van der Waals surface area contributed by atoms with Crippen molar-refractivity contribution in [1.29, 1.82) is 0 Å². The monoisotopic (exact) mass is 380 g/mol. The smallest absolute Gasteiger partial charge is 0.228 e. The number of hydrogen-bond donors (Lipinski definition) is 1. The number of rotatable bonds is 4. The molecule has 1 amide bonds. The molecular formula is C18H28N4O3S. The van der Waals surface area contributed by atoms with Crippen LogP contribution in [0.4, 0.5) is 11.4 Å². The molecule has 144 valence electrons. The minimum Gasteiger partial charge on any atom is -0.369 e. The van der Waals surface area contributed by atoms with Gasteiger partial charge in [-0.1, -0.05) is 0 Å². The second-order valence-corrected chi connectivity index (χ2v) is 9.27. The Labute approximate surface area is 156 Å². The summed E-state index contributed by atoms with van der Waals surface area (Å²) in [6, 6.07) is 7.90. The summed E-state index contributed by atoms with van der Waals surface area (Å²) in [6.45, 7) is 4.89. The lowest BCUT2D eigenvalue weighted by atomic mass is 9.98. The Morgan fingerprint density at radius 3 is 2.35 bits per heavy atom. The molecule has 0 aromatic heterocycles. The lowest BCUT2D eigenvalue weighted by Crippen LogP contribution is -2.44. The predicted octanol–water partition coefficient (Wildman–Crippen LogP) is 1.05. The van der Waals surface area contributed by atoms with Crippen molar-refractivity contribution in [2.45, 2.75) is 12.8 Å². The molecule has 2 heterocycles. The van der Waals surface area contributed by atoms with Gasteiger partial charge in [-0.15, -0.1) is 0 Å². The lowest BCUT2D eigenvalue weighted by molar-refractivity contribution is -0.120. The Morgan fingerprint density at radius 2 is 1.73 bits per heavy atom. The number of piperazine rings is 1. The zero-order chi connectivity index (χ0) is 18.7. The number of likely N-dealkylation sites (N-methyl/N-ethyl adjacent to an activating group) is 1. The number of amides is 1. The Hall–Kier alpha value is -1.64. The van der Waals surface area contributed by atoms with Gasteiger partial charge in [0.1, 0.15) is 0 Å². The molecular weight excluding hydrogens is 352 g/mol. The van der Waals surface area contributed by atoms with Crippen molar-refractivity contribution in [1.82, 2.24) is 9.21 Å². The summed E-state index contributed by atoms with van der Waals surface area (Å²) in [5.41, 5.74) is 1.92. The van der Waals surface area contributed by atoms with E-state index in [1.54, 1.807) is 0 Å². The number of carbonyl (C=O) groups excluding carboxylic acids is 1. The first-order valence-electron chi connectivity index (χ1n) is 9.12. The standard InChI is InChI=1S/C18H28N4O3S/c1-20-10-12-21(13-11-20)17-7-5-16(6-8-17)19-18(23)15-4-3-9-22(14-15)26(2,24)25/h5-8,15H,3-4,9-14H2,1-2H3,(H,19,23)/t15-/m1/s1. The summed E-state index contributed by atoms with van der Waals surface area (Å²) in [4.78, 5) is 17.2. The van der Waals surface area contributed by atoms with Gasteiger partial charge < -0.3 is 15.1 Å². The van der Waals surface area contributed by atoms with E-state index in [9.17, 15) is 13.2 Å². The fraction of sp³-hybridized carbons (Fsp3) is 0.611. The molecule has 26 heavy (non-hydrogen) atoms. The van der Waals surface area contributed by atoms with Gasteiger partial charge in [0.2, 0.25) is 15.9 Å². The molecule has 1 N–H and O–H groups in total. The normalized spacial score (nSPS) is 23.0. The molecule has 7 nitrogen and oxygen atoms in total. The highest BCUT2D eigenvalue weighted by Crippen LogP contribution is 2.22. The first-order valence-corrected chi connectivity index (χ1v) is 11.0. The largest absolute Gasteiger partial charge is 0.369 e. The molecule has 3 rings (SSSR count). The summed E-state index contributed by atoms with van der Waals surface area (Å²) in [5.74, 6) is -0.401. The highest BCUT2D eigenvalue weighted by atomic mass is 32.2. The second kappa shape index (κ2) is 7.94. The van der Waals surface area contributed by atoms with Crippen molar-refractivity contribution in [2.75, 3.05) is 62.8 Å². The summed E-state index contributed by atoms with van der Waals surface area (Å²) in [5, 5.41) is 2.93. The quantitative estimate of drug-likeness (QED) is 0.845. The molecule has 1 aromatic rings. The van der Waals surface area contributed by atoms with Crippen LogP contribution >= 0.6 is 0 Å². The molecule has 8 heteroatoms. The second-order valence-electron chi connectivity index (χ2n) is 7.29. The number of nitrogens with one attached hydrogen (secondary N) is 1. The number of anilines is 2. The molecule has 0 spiro atoms. The molecule has 2 fully saturated rings. The van der Waals surface area contributed by atoms with Crippen LogP contribution in [0.3, 0.4) is 0 Å². The van der Waals surface area contributed by atoms with Crippen LogP contribution in [0.5, 0.6) is 0 Å². The number of hydrogen-bond acceptors (Lipinski definition) is 5. The zero-order valence-electron chi connectivity index (χ0n) is 15.5. The number of benzene rings is 1. The van der Waals surface area contributed by atoms with E-state index in [4.69, 9.17) is 0 Å². The average molecular weight is 381 g/mol. The third kappa shape index (κ3) is 4.75. The number of sulfonamides is 1.